The SMILES string of the molecule is O=C(c1ccc(Br)cc1Br)N1CCC2(CCCCC2)CC1. The molecule has 0 radical (unpaired) electrons. The van der Waals surface area contributed by atoms with Crippen LogP contribution < -0.4 is 0 Å². The van der Waals surface area contributed by atoms with Crippen LogP contribution in [-0.2, 0) is 0 Å². The van der Waals surface area contributed by atoms with Gasteiger partial charge in [0.1, 0.15) is 0 Å². The van der Waals surface area contributed by atoms with E-state index in [1.54, 1.807) is 0 Å². The van der Waals surface area contributed by atoms with Crippen molar-refractivity contribution in [3.63, 3.8) is 0 Å². The van der Waals surface area contributed by atoms with E-state index >= 15 is 0 Å². The summed E-state index contributed by atoms with van der Waals surface area (Å²) in [5.41, 5.74) is 1.32. The predicted molar refractivity (Wildman–Crippen MR) is 92.5 cm³/mol. The molecular weight excluding hydrogens is 394 g/mol. The summed E-state index contributed by atoms with van der Waals surface area (Å²) in [5.74, 6) is 0.167. The fourth-order valence-electron chi connectivity index (χ4n) is 3.82. The number of carbonyl (C=O) groups is 1. The maximum atomic E-state index is 12.7. The predicted octanol–water partition coefficient (Wildman–Crippen LogP) is 5.40. The number of nitrogens with zero attached hydrogens (tertiary/aromatic N) is 1. The van der Waals surface area contributed by atoms with Crippen LogP contribution in [0.5, 0.6) is 0 Å². The first kappa shape index (κ1) is 15.5. The maximum absolute atomic E-state index is 12.7. The highest BCUT2D eigenvalue weighted by Crippen LogP contribution is 2.44. The first-order chi connectivity index (χ1) is 10.1. The standard InChI is InChI=1S/C17H21Br2NO/c18-13-4-5-14(15(19)12-13)16(21)20-10-8-17(9-11-20)6-2-1-3-7-17/h4-5,12H,1-3,6-11H2. The second kappa shape index (κ2) is 6.41. The zero-order valence-electron chi connectivity index (χ0n) is 12.2. The zero-order valence-corrected chi connectivity index (χ0v) is 15.4. The second-order valence-corrected chi connectivity index (χ2v) is 8.25. The molecule has 1 saturated heterocycles. The molecule has 1 saturated carbocycles. The largest absolute Gasteiger partial charge is 0.339 e. The summed E-state index contributed by atoms with van der Waals surface area (Å²) in [4.78, 5) is 14.7. The number of piperidine rings is 1. The molecule has 114 valence electrons. The normalized spacial score (nSPS) is 21.5. The van der Waals surface area contributed by atoms with Gasteiger partial charge in [-0.3, -0.25) is 4.79 Å². The van der Waals surface area contributed by atoms with Crippen molar-refractivity contribution in [2.75, 3.05) is 13.1 Å². The number of hydrogen-bond donors (Lipinski definition) is 0. The molecule has 0 atom stereocenters. The smallest absolute Gasteiger partial charge is 0.254 e. The number of amides is 1. The minimum atomic E-state index is 0.167. The Labute approximate surface area is 143 Å². The van der Waals surface area contributed by atoms with E-state index in [0.717, 1.165) is 27.6 Å². The first-order valence-corrected chi connectivity index (χ1v) is 9.43. The van der Waals surface area contributed by atoms with Gasteiger partial charge in [0.25, 0.3) is 5.91 Å². The van der Waals surface area contributed by atoms with Crippen molar-refractivity contribution in [3.05, 3.63) is 32.7 Å². The van der Waals surface area contributed by atoms with Crippen LogP contribution >= 0.6 is 31.9 Å². The molecule has 1 aromatic carbocycles. The van der Waals surface area contributed by atoms with E-state index in [1.807, 2.05) is 23.1 Å². The van der Waals surface area contributed by atoms with Gasteiger partial charge in [-0.1, -0.05) is 35.2 Å². The van der Waals surface area contributed by atoms with Gasteiger partial charge in [-0.15, -0.1) is 0 Å². The minimum Gasteiger partial charge on any atom is -0.339 e. The molecule has 1 aliphatic carbocycles. The lowest BCUT2D eigenvalue weighted by atomic mass is 9.68. The third-order valence-electron chi connectivity index (χ3n) is 5.19. The number of halogens is 2. The van der Waals surface area contributed by atoms with Gasteiger partial charge in [0.2, 0.25) is 0 Å². The molecule has 21 heavy (non-hydrogen) atoms. The van der Waals surface area contributed by atoms with Crippen molar-refractivity contribution in [2.45, 2.75) is 44.9 Å². The van der Waals surface area contributed by atoms with E-state index in [-0.39, 0.29) is 5.91 Å². The molecule has 0 aromatic heterocycles. The van der Waals surface area contributed by atoms with Crippen LogP contribution in [0.4, 0.5) is 0 Å². The summed E-state index contributed by atoms with van der Waals surface area (Å²) in [7, 11) is 0. The summed E-state index contributed by atoms with van der Waals surface area (Å²) in [6, 6.07) is 5.78. The van der Waals surface area contributed by atoms with Crippen LogP contribution in [0.25, 0.3) is 0 Å². The summed E-state index contributed by atoms with van der Waals surface area (Å²) in [6.45, 7) is 1.84. The van der Waals surface area contributed by atoms with Gasteiger partial charge in [-0.25, -0.2) is 0 Å². The number of likely N-dealkylation sites (tertiary alicyclic amines) is 1. The molecule has 1 aromatic rings. The van der Waals surface area contributed by atoms with Crippen molar-refractivity contribution in [3.8, 4) is 0 Å². The second-order valence-electron chi connectivity index (χ2n) is 6.48. The van der Waals surface area contributed by atoms with Crippen LogP contribution in [-0.4, -0.2) is 23.9 Å². The van der Waals surface area contributed by atoms with Crippen LogP contribution in [0.3, 0.4) is 0 Å². The fourth-order valence-corrected chi connectivity index (χ4v) is 5.04. The molecule has 2 fully saturated rings. The van der Waals surface area contributed by atoms with Crippen molar-refractivity contribution in [2.24, 2.45) is 5.41 Å². The third-order valence-corrected chi connectivity index (χ3v) is 6.34. The Morgan fingerprint density at radius 1 is 1.00 bits per heavy atom. The van der Waals surface area contributed by atoms with Gasteiger partial charge >= 0.3 is 0 Å². The molecule has 2 nitrogen and oxygen atoms in total. The van der Waals surface area contributed by atoms with Gasteiger partial charge in [-0.05, 0) is 65.2 Å². The number of benzene rings is 1. The van der Waals surface area contributed by atoms with Crippen LogP contribution in [0.2, 0.25) is 0 Å². The fraction of sp³-hybridized carbons (Fsp3) is 0.588. The average Bonchev–Trinajstić information content (AvgIpc) is 2.48. The van der Waals surface area contributed by atoms with Crippen LogP contribution in [0.15, 0.2) is 27.1 Å². The van der Waals surface area contributed by atoms with E-state index < -0.39 is 0 Å². The van der Waals surface area contributed by atoms with Crippen LogP contribution in [0.1, 0.15) is 55.3 Å². The Hall–Kier alpha value is -0.350. The Morgan fingerprint density at radius 2 is 1.67 bits per heavy atom. The van der Waals surface area contributed by atoms with Crippen LogP contribution in [0, 0.1) is 5.41 Å². The Kier molecular flexibility index (Phi) is 4.75. The number of carbonyl (C=O) groups excluding carboxylic acids is 1. The molecule has 1 heterocycles. The highest BCUT2D eigenvalue weighted by atomic mass is 79.9. The van der Waals surface area contributed by atoms with Gasteiger partial charge in [0.05, 0.1) is 5.56 Å². The molecule has 1 amide bonds. The molecule has 3 rings (SSSR count). The van der Waals surface area contributed by atoms with Crippen molar-refractivity contribution in [1.82, 2.24) is 4.90 Å². The van der Waals surface area contributed by atoms with Gasteiger partial charge < -0.3 is 4.90 Å². The molecule has 1 aliphatic heterocycles. The van der Waals surface area contributed by atoms with Gasteiger partial charge in [0.15, 0.2) is 0 Å². The highest BCUT2D eigenvalue weighted by molar-refractivity contribution is 9.11. The Bertz CT molecular complexity index is 528. The molecule has 4 heteroatoms. The third kappa shape index (κ3) is 3.37. The Morgan fingerprint density at radius 3 is 2.29 bits per heavy atom. The Balaban J connectivity index is 1.67. The van der Waals surface area contributed by atoms with E-state index in [4.69, 9.17) is 0 Å². The van der Waals surface area contributed by atoms with E-state index in [1.165, 1.54) is 44.9 Å². The van der Waals surface area contributed by atoms with Gasteiger partial charge in [-0.2, -0.15) is 0 Å². The van der Waals surface area contributed by atoms with Crippen molar-refractivity contribution >= 4 is 37.8 Å². The zero-order chi connectivity index (χ0) is 14.9. The van der Waals surface area contributed by atoms with Crippen molar-refractivity contribution < 1.29 is 4.79 Å². The lowest BCUT2D eigenvalue weighted by molar-refractivity contribution is 0.0471. The van der Waals surface area contributed by atoms with E-state index in [9.17, 15) is 4.79 Å². The molecule has 0 N–H and O–H groups in total. The lowest BCUT2D eigenvalue weighted by Crippen LogP contribution is -2.44. The highest BCUT2D eigenvalue weighted by Gasteiger charge is 2.36. The number of hydrogen-bond acceptors (Lipinski definition) is 1. The van der Waals surface area contributed by atoms with Gasteiger partial charge in [0, 0.05) is 22.0 Å². The summed E-state index contributed by atoms with van der Waals surface area (Å²) < 4.78 is 1.87. The topological polar surface area (TPSA) is 20.3 Å². The average molecular weight is 415 g/mol. The monoisotopic (exact) mass is 413 g/mol. The lowest BCUT2D eigenvalue weighted by Gasteiger charge is -2.44. The minimum absolute atomic E-state index is 0.167. The number of rotatable bonds is 1. The summed E-state index contributed by atoms with van der Waals surface area (Å²) in [5, 5.41) is 0. The van der Waals surface area contributed by atoms with Crippen molar-refractivity contribution in [1.29, 1.82) is 0 Å². The molecule has 0 bridgehead atoms. The molecule has 1 spiro atoms. The molecular formula is C17H21Br2NO. The van der Waals surface area contributed by atoms with E-state index in [0.29, 0.717) is 5.41 Å². The molecule has 0 unspecified atom stereocenters. The van der Waals surface area contributed by atoms with E-state index in [2.05, 4.69) is 31.9 Å². The summed E-state index contributed by atoms with van der Waals surface area (Å²) in [6.07, 6.45) is 9.28. The molecule has 2 aliphatic rings. The first-order valence-electron chi connectivity index (χ1n) is 7.84. The maximum Gasteiger partial charge on any atom is 0.254 e. The quantitative estimate of drug-likeness (QED) is 0.602. The summed E-state index contributed by atoms with van der Waals surface area (Å²) >= 11 is 6.94.